The first-order valence-corrected chi connectivity index (χ1v) is 12.8. The van der Waals surface area contributed by atoms with Gasteiger partial charge in [-0.3, -0.25) is 0 Å². The lowest BCUT2D eigenvalue weighted by Crippen LogP contribution is -1.93. The Bertz CT molecular complexity index is 1970. The molecule has 0 bridgehead atoms. The van der Waals surface area contributed by atoms with Crippen LogP contribution in [0.25, 0.3) is 65.3 Å². The van der Waals surface area contributed by atoms with Crippen LogP contribution in [-0.2, 0) is 0 Å². The smallest absolute Gasteiger partial charge is 0.0207 e. The first-order valence-electron chi connectivity index (χ1n) is 12.0. The van der Waals surface area contributed by atoms with Gasteiger partial charge in [0.15, 0.2) is 0 Å². The Labute approximate surface area is 207 Å². The fourth-order valence-corrected chi connectivity index (χ4v) is 6.89. The van der Waals surface area contributed by atoms with E-state index in [1.165, 1.54) is 75.1 Å². The van der Waals surface area contributed by atoms with Crippen molar-refractivity contribution in [2.24, 2.45) is 0 Å². The van der Waals surface area contributed by atoms with Crippen LogP contribution in [0.5, 0.6) is 0 Å². The summed E-state index contributed by atoms with van der Waals surface area (Å²) >= 11 is 1.89. The average Bonchev–Trinajstić information content (AvgIpc) is 2.92. The van der Waals surface area contributed by atoms with Crippen molar-refractivity contribution in [3.05, 3.63) is 121 Å². The van der Waals surface area contributed by atoms with Crippen molar-refractivity contribution in [2.75, 3.05) is 0 Å². The SMILES string of the molecule is c1cc(-c2ccc3c(c2)-c2cccc4cccc(c24)S3)c2cc3c(ccc4ccccc43)cc2c1. The summed E-state index contributed by atoms with van der Waals surface area (Å²) in [5, 5.41) is 10.5. The van der Waals surface area contributed by atoms with Gasteiger partial charge in [0.2, 0.25) is 0 Å². The predicted octanol–water partition coefficient (Wildman–Crippen LogP) is 10.1. The molecule has 0 nitrogen and oxygen atoms in total. The van der Waals surface area contributed by atoms with Crippen LogP contribution in [0.3, 0.4) is 0 Å². The molecule has 7 aromatic carbocycles. The zero-order chi connectivity index (χ0) is 22.9. The fourth-order valence-electron chi connectivity index (χ4n) is 5.76. The van der Waals surface area contributed by atoms with Crippen LogP contribution < -0.4 is 0 Å². The van der Waals surface area contributed by atoms with Gasteiger partial charge in [-0.2, -0.15) is 0 Å². The van der Waals surface area contributed by atoms with Crippen LogP contribution in [-0.4, -0.2) is 0 Å². The van der Waals surface area contributed by atoms with Gasteiger partial charge in [-0.1, -0.05) is 103 Å². The van der Waals surface area contributed by atoms with Crippen molar-refractivity contribution in [3.63, 3.8) is 0 Å². The molecule has 0 spiro atoms. The van der Waals surface area contributed by atoms with Crippen LogP contribution in [0.4, 0.5) is 0 Å². The molecule has 0 fully saturated rings. The minimum absolute atomic E-state index is 1.27. The van der Waals surface area contributed by atoms with E-state index in [4.69, 9.17) is 0 Å². The van der Waals surface area contributed by atoms with E-state index in [1.807, 2.05) is 11.8 Å². The molecule has 1 aliphatic rings. The van der Waals surface area contributed by atoms with E-state index in [0.717, 1.165) is 0 Å². The molecule has 0 aliphatic carbocycles. The lowest BCUT2D eigenvalue weighted by molar-refractivity contribution is 1.40. The third kappa shape index (κ3) is 2.82. The van der Waals surface area contributed by atoms with Crippen molar-refractivity contribution >= 4 is 54.9 Å². The summed E-state index contributed by atoms with van der Waals surface area (Å²) in [5.74, 6) is 0. The standard InChI is InChI=1S/C34H20S/c1-2-10-26-21(6-1)14-15-24-18-23-9-4-11-27(29(23)20-30(24)26)25-16-17-32-31(19-25)28-12-3-7-22-8-5-13-33(35-32)34(22)28/h1-20H. The molecule has 0 aromatic heterocycles. The molecule has 7 aromatic rings. The summed E-state index contributed by atoms with van der Waals surface area (Å²) in [6, 6.07) is 44.9. The minimum atomic E-state index is 1.27. The molecule has 8 rings (SSSR count). The van der Waals surface area contributed by atoms with E-state index in [2.05, 4.69) is 121 Å². The van der Waals surface area contributed by atoms with Crippen molar-refractivity contribution in [1.29, 1.82) is 0 Å². The molecule has 162 valence electrons. The van der Waals surface area contributed by atoms with Gasteiger partial charge in [-0.15, -0.1) is 0 Å². The highest BCUT2D eigenvalue weighted by Crippen LogP contribution is 2.49. The summed E-state index contributed by atoms with van der Waals surface area (Å²) in [5.41, 5.74) is 5.23. The highest BCUT2D eigenvalue weighted by molar-refractivity contribution is 7.99. The van der Waals surface area contributed by atoms with E-state index < -0.39 is 0 Å². The molecule has 0 saturated heterocycles. The lowest BCUT2D eigenvalue weighted by atomic mass is 9.91. The highest BCUT2D eigenvalue weighted by atomic mass is 32.2. The molecule has 35 heavy (non-hydrogen) atoms. The molecule has 1 heteroatoms. The molecular weight excluding hydrogens is 440 g/mol. The third-order valence-corrected chi connectivity index (χ3v) is 8.55. The Balaban J connectivity index is 1.40. The zero-order valence-corrected chi connectivity index (χ0v) is 19.8. The van der Waals surface area contributed by atoms with Gasteiger partial charge < -0.3 is 0 Å². The number of hydrogen-bond acceptors (Lipinski definition) is 1. The molecular formula is C34H20S. The van der Waals surface area contributed by atoms with Crippen LogP contribution >= 0.6 is 11.8 Å². The Hall–Kier alpha value is -4.07. The van der Waals surface area contributed by atoms with Gasteiger partial charge in [0.1, 0.15) is 0 Å². The van der Waals surface area contributed by atoms with Gasteiger partial charge >= 0.3 is 0 Å². The van der Waals surface area contributed by atoms with Gasteiger partial charge in [-0.05, 0) is 90.3 Å². The number of rotatable bonds is 1. The number of fused-ring (bicyclic) bond motifs is 6. The van der Waals surface area contributed by atoms with Crippen LogP contribution in [0.1, 0.15) is 0 Å². The van der Waals surface area contributed by atoms with Gasteiger partial charge in [-0.25, -0.2) is 0 Å². The van der Waals surface area contributed by atoms with E-state index in [-0.39, 0.29) is 0 Å². The maximum absolute atomic E-state index is 2.40. The largest absolute Gasteiger partial charge is 0.0888 e. The second-order valence-corrected chi connectivity index (χ2v) is 10.4. The lowest BCUT2D eigenvalue weighted by Gasteiger charge is -2.21. The summed E-state index contributed by atoms with van der Waals surface area (Å²) < 4.78 is 0. The van der Waals surface area contributed by atoms with Crippen molar-refractivity contribution < 1.29 is 0 Å². The summed E-state index contributed by atoms with van der Waals surface area (Å²) in [6.07, 6.45) is 0. The average molecular weight is 461 g/mol. The third-order valence-electron chi connectivity index (χ3n) is 7.41. The predicted molar refractivity (Wildman–Crippen MR) is 151 cm³/mol. The van der Waals surface area contributed by atoms with Crippen LogP contribution in [0, 0.1) is 0 Å². The molecule has 0 atom stereocenters. The second kappa shape index (κ2) is 7.21. The van der Waals surface area contributed by atoms with E-state index in [9.17, 15) is 0 Å². The molecule has 1 aliphatic heterocycles. The van der Waals surface area contributed by atoms with Crippen molar-refractivity contribution in [1.82, 2.24) is 0 Å². The van der Waals surface area contributed by atoms with E-state index >= 15 is 0 Å². The molecule has 0 radical (unpaired) electrons. The molecule has 0 unspecified atom stereocenters. The Morgan fingerprint density at radius 2 is 1.11 bits per heavy atom. The Morgan fingerprint density at radius 3 is 2.06 bits per heavy atom. The van der Waals surface area contributed by atoms with Gasteiger partial charge in [0.05, 0.1) is 0 Å². The Kier molecular flexibility index (Phi) is 3.97. The first kappa shape index (κ1) is 19.3. The quantitative estimate of drug-likeness (QED) is 0.173. The number of hydrogen-bond donors (Lipinski definition) is 0. The Morgan fingerprint density at radius 1 is 0.371 bits per heavy atom. The van der Waals surface area contributed by atoms with Crippen molar-refractivity contribution in [2.45, 2.75) is 9.79 Å². The van der Waals surface area contributed by atoms with Crippen molar-refractivity contribution in [3.8, 4) is 22.3 Å². The molecule has 0 amide bonds. The second-order valence-electron chi connectivity index (χ2n) is 9.36. The maximum atomic E-state index is 2.40. The maximum Gasteiger partial charge on any atom is 0.0207 e. The monoisotopic (exact) mass is 460 g/mol. The van der Waals surface area contributed by atoms with Gasteiger partial charge in [0, 0.05) is 15.2 Å². The molecule has 0 N–H and O–H groups in total. The molecule has 0 saturated carbocycles. The minimum Gasteiger partial charge on any atom is -0.0888 e. The zero-order valence-electron chi connectivity index (χ0n) is 19.0. The summed E-state index contributed by atoms with van der Waals surface area (Å²) in [4.78, 5) is 2.68. The number of benzene rings is 7. The first-order chi connectivity index (χ1) is 17.3. The summed E-state index contributed by atoms with van der Waals surface area (Å²) in [7, 11) is 0. The van der Waals surface area contributed by atoms with Gasteiger partial charge in [0.25, 0.3) is 0 Å². The van der Waals surface area contributed by atoms with E-state index in [0.29, 0.717) is 0 Å². The van der Waals surface area contributed by atoms with E-state index in [1.54, 1.807) is 0 Å². The molecule has 1 heterocycles. The normalized spacial score (nSPS) is 12.5. The van der Waals surface area contributed by atoms with Crippen LogP contribution in [0.15, 0.2) is 131 Å². The fraction of sp³-hybridized carbons (Fsp3) is 0. The highest BCUT2D eigenvalue weighted by Gasteiger charge is 2.19. The summed E-state index contributed by atoms with van der Waals surface area (Å²) in [6.45, 7) is 0. The topological polar surface area (TPSA) is 0 Å². The van der Waals surface area contributed by atoms with Crippen LogP contribution in [0.2, 0.25) is 0 Å².